The van der Waals surface area contributed by atoms with Gasteiger partial charge in [-0.1, -0.05) is 176 Å². The molecule has 0 atom stereocenters. The molecule has 0 N–H and O–H groups in total. The largest absolute Gasteiger partial charge is 0.455 e. The first-order chi connectivity index (χ1) is 31.2. The third-order valence-corrected chi connectivity index (χ3v) is 12.3. The van der Waals surface area contributed by atoms with Gasteiger partial charge in [0.1, 0.15) is 22.3 Å². The maximum atomic E-state index is 6.41. The van der Waals surface area contributed by atoms with Gasteiger partial charge in [0.25, 0.3) is 0 Å². The first-order valence-electron chi connectivity index (χ1n) is 21.4. The molecule has 0 aliphatic carbocycles. The Balaban J connectivity index is 0.888. The molecule has 2 heterocycles. The maximum Gasteiger partial charge on any atom is 0.143 e. The molecule has 296 valence electrons. The molecule has 0 spiro atoms. The number of anilines is 3. The zero-order valence-electron chi connectivity index (χ0n) is 34.3. The fraction of sp³-hybridized carbons (Fsp3) is 0. The number of para-hydroxylation sites is 4. The summed E-state index contributed by atoms with van der Waals surface area (Å²) in [6.07, 6.45) is 0. The van der Waals surface area contributed by atoms with Crippen LogP contribution in [0.4, 0.5) is 17.1 Å². The fourth-order valence-electron chi connectivity index (χ4n) is 9.17. The average molecular weight is 806 g/mol. The zero-order valence-corrected chi connectivity index (χ0v) is 34.3. The minimum atomic E-state index is 0.905. The predicted octanol–water partition coefficient (Wildman–Crippen LogP) is 17.3. The van der Waals surface area contributed by atoms with E-state index in [1.165, 1.54) is 11.1 Å². The van der Waals surface area contributed by atoms with Gasteiger partial charge in [0.15, 0.2) is 0 Å². The SMILES string of the molecule is c1ccc(-c2ccc(N(c3ccc(-c4cccc(-c5cccc6c5oc5ccccc56)c4)cc3)c3ccc(-c4cccc(-c5cccc6c5oc5ccccc56)c4)cc3)cc2)cc1. The van der Waals surface area contributed by atoms with Crippen LogP contribution >= 0.6 is 0 Å². The molecule has 0 fully saturated rings. The van der Waals surface area contributed by atoms with E-state index in [0.717, 1.165) is 105 Å². The van der Waals surface area contributed by atoms with E-state index >= 15 is 0 Å². The predicted molar refractivity (Wildman–Crippen MR) is 263 cm³/mol. The van der Waals surface area contributed by atoms with Crippen LogP contribution in [0.25, 0.3) is 99.5 Å². The highest BCUT2D eigenvalue weighted by Gasteiger charge is 2.17. The van der Waals surface area contributed by atoms with Crippen molar-refractivity contribution in [2.45, 2.75) is 0 Å². The zero-order chi connectivity index (χ0) is 41.7. The van der Waals surface area contributed by atoms with E-state index in [1.54, 1.807) is 0 Å². The van der Waals surface area contributed by atoms with Gasteiger partial charge in [-0.25, -0.2) is 0 Å². The normalized spacial score (nSPS) is 11.5. The summed E-state index contributed by atoms with van der Waals surface area (Å²) >= 11 is 0. The summed E-state index contributed by atoms with van der Waals surface area (Å²) < 4.78 is 12.8. The van der Waals surface area contributed by atoms with Crippen molar-refractivity contribution in [1.82, 2.24) is 0 Å². The van der Waals surface area contributed by atoms with Gasteiger partial charge in [0.2, 0.25) is 0 Å². The van der Waals surface area contributed by atoms with E-state index in [0.29, 0.717) is 0 Å². The highest BCUT2D eigenvalue weighted by molar-refractivity contribution is 6.10. The molecule has 0 radical (unpaired) electrons. The molecule has 0 saturated carbocycles. The topological polar surface area (TPSA) is 29.5 Å². The second-order valence-electron chi connectivity index (χ2n) is 16.1. The van der Waals surface area contributed by atoms with E-state index in [4.69, 9.17) is 8.83 Å². The number of furan rings is 2. The number of nitrogens with zero attached hydrogens (tertiary/aromatic N) is 1. The van der Waals surface area contributed by atoms with Crippen LogP contribution in [0.2, 0.25) is 0 Å². The molecule has 12 aromatic rings. The smallest absolute Gasteiger partial charge is 0.143 e. The van der Waals surface area contributed by atoms with E-state index in [1.807, 2.05) is 24.3 Å². The average Bonchev–Trinajstić information content (AvgIpc) is 3.94. The molecule has 2 aromatic heterocycles. The number of hydrogen-bond donors (Lipinski definition) is 0. The van der Waals surface area contributed by atoms with Crippen molar-refractivity contribution in [3.05, 3.63) is 237 Å². The molecule has 0 aliphatic heterocycles. The van der Waals surface area contributed by atoms with Gasteiger partial charge in [0.05, 0.1) is 0 Å². The molecule has 0 aliphatic rings. The van der Waals surface area contributed by atoms with Gasteiger partial charge in [-0.3, -0.25) is 0 Å². The lowest BCUT2D eigenvalue weighted by Crippen LogP contribution is -2.09. The summed E-state index contributed by atoms with van der Waals surface area (Å²) in [5.74, 6) is 0. The highest BCUT2D eigenvalue weighted by atomic mass is 16.3. The molecule has 0 unspecified atom stereocenters. The molecular formula is C60H39NO2. The maximum absolute atomic E-state index is 6.41. The van der Waals surface area contributed by atoms with Gasteiger partial charge in [-0.05, 0) is 105 Å². The lowest BCUT2D eigenvalue weighted by atomic mass is 9.97. The standard InChI is InChI=1S/C60H39NO2/c1-2-12-40(13-3-1)41-26-32-48(33-27-41)61(49-34-28-42(29-35-49)44-14-8-16-46(38-44)51-20-10-22-55-53-18-4-6-24-57(53)62-59(51)55)50-36-30-43(31-37-50)45-15-9-17-47(39-45)52-21-11-23-56-54-19-5-7-25-58(54)63-60(52)56/h1-39H. The summed E-state index contributed by atoms with van der Waals surface area (Å²) in [6, 6.07) is 84.1. The summed E-state index contributed by atoms with van der Waals surface area (Å²) in [4.78, 5) is 2.33. The Morgan fingerprint density at radius 2 is 0.571 bits per heavy atom. The monoisotopic (exact) mass is 805 g/mol. The van der Waals surface area contributed by atoms with Crippen molar-refractivity contribution in [1.29, 1.82) is 0 Å². The number of benzene rings is 10. The Morgan fingerprint density at radius 1 is 0.238 bits per heavy atom. The molecule has 63 heavy (non-hydrogen) atoms. The number of hydrogen-bond acceptors (Lipinski definition) is 3. The van der Waals surface area contributed by atoms with E-state index in [9.17, 15) is 0 Å². The number of rotatable bonds is 8. The van der Waals surface area contributed by atoms with Crippen molar-refractivity contribution >= 4 is 60.9 Å². The van der Waals surface area contributed by atoms with Crippen LogP contribution in [-0.2, 0) is 0 Å². The Bertz CT molecular complexity index is 3400. The Morgan fingerprint density at radius 3 is 1.03 bits per heavy atom. The van der Waals surface area contributed by atoms with Gasteiger partial charge in [0, 0.05) is 49.7 Å². The van der Waals surface area contributed by atoms with Crippen LogP contribution in [0.1, 0.15) is 0 Å². The summed E-state index contributed by atoms with van der Waals surface area (Å²) in [6.45, 7) is 0. The Kier molecular flexibility index (Phi) is 8.83. The summed E-state index contributed by atoms with van der Waals surface area (Å²) in [5, 5.41) is 4.54. The third-order valence-electron chi connectivity index (χ3n) is 12.3. The lowest BCUT2D eigenvalue weighted by molar-refractivity contribution is 0.669. The van der Waals surface area contributed by atoms with Crippen molar-refractivity contribution in [3.63, 3.8) is 0 Å². The quantitative estimate of drug-likeness (QED) is 0.153. The van der Waals surface area contributed by atoms with Crippen LogP contribution in [0.3, 0.4) is 0 Å². The molecule has 12 rings (SSSR count). The first kappa shape index (κ1) is 36.5. The molecule has 0 amide bonds. The van der Waals surface area contributed by atoms with E-state index < -0.39 is 0 Å². The van der Waals surface area contributed by atoms with Gasteiger partial charge in [-0.15, -0.1) is 0 Å². The van der Waals surface area contributed by atoms with Crippen LogP contribution < -0.4 is 4.90 Å². The minimum absolute atomic E-state index is 0.905. The summed E-state index contributed by atoms with van der Waals surface area (Å²) in [7, 11) is 0. The minimum Gasteiger partial charge on any atom is -0.455 e. The second kappa shape index (κ2) is 15.3. The van der Waals surface area contributed by atoms with Crippen molar-refractivity contribution in [3.8, 4) is 55.6 Å². The van der Waals surface area contributed by atoms with Crippen LogP contribution in [0.15, 0.2) is 245 Å². The van der Waals surface area contributed by atoms with E-state index in [2.05, 4.69) is 217 Å². The lowest BCUT2D eigenvalue weighted by Gasteiger charge is -2.26. The van der Waals surface area contributed by atoms with Crippen LogP contribution in [0.5, 0.6) is 0 Å². The van der Waals surface area contributed by atoms with Crippen molar-refractivity contribution in [2.75, 3.05) is 4.90 Å². The molecule has 0 bridgehead atoms. The van der Waals surface area contributed by atoms with Gasteiger partial charge >= 0.3 is 0 Å². The third kappa shape index (κ3) is 6.55. The Labute approximate surface area is 365 Å². The number of fused-ring (bicyclic) bond motifs is 6. The fourth-order valence-corrected chi connectivity index (χ4v) is 9.17. The second-order valence-corrected chi connectivity index (χ2v) is 16.1. The molecule has 10 aromatic carbocycles. The Hall–Kier alpha value is -8.40. The van der Waals surface area contributed by atoms with Gasteiger partial charge < -0.3 is 13.7 Å². The van der Waals surface area contributed by atoms with E-state index in [-0.39, 0.29) is 0 Å². The van der Waals surface area contributed by atoms with Gasteiger partial charge in [-0.2, -0.15) is 0 Å². The molecular weight excluding hydrogens is 767 g/mol. The first-order valence-corrected chi connectivity index (χ1v) is 21.4. The molecule has 0 saturated heterocycles. The molecule has 3 heteroatoms. The van der Waals surface area contributed by atoms with Crippen molar-refractivity contribution < 1.29 is 8.83 Å². The van der Waals surface area contributed by atoms with Crippen LogP contribution in [0, 0.1) is 0 Å². The summed E-state index contributed by atoms with van der Waals surface area (Å²) in [5.41, 5.74) is 18.3. The van der Waals surface area contributed by atoms with Crippen LogP contribution in [-0.4, -0.2) is 0 Å². The van der Waals surface area contributed by atoms with Crippen molar-refractivity contribution in [2.24, 2.45) is 0 Å². The molecule has 3 nitrogen and oxygen atoms in total. The highest BCUT2D eigenvalue weighted by Crippen LogP contribution is 2.41.